The molecule has 0 aliphatic heterocycles. The number of hydrogen-bond acceptors (Lipinski definition) is 0. The van der Waals surface area contributed by atoms with Crippen LogP contribution in [-0.2, 0) is 18.3 Å². The number of hydrogen-bond donors (Lipinski definition) is 0. The van der Waals surface area contributed by atoms with Crippen molar-refractivity contribution in [3.8, 4) is 0 Å². The van der Waals surface area contributed by atoms with Crippen molar-refractivity contribution in [1.29, 1.82) is 0 Å². The van der Waals surface area contributed by atoms with E-state index in [1.165, 1.54) is 6.07 Å². The first-order valence-electron chi connectivity index (χ1n) is 2.36. The van der Waals surface area contributed by atoms with Crippen LogP contribution in [0.15, 0.2) is 24.3 Å². The van der Waals surface area contributed by atoms with E-state index in [-0.39, 0.29) is 22.8 Å². The topological polar surface area (TPSA) is 0 Å². The van der Waals surface area contributed by atoms with E-state index in [2.05, 4.69) is 0 Å². The summed E-state index contributed by atoms with van der Waals surface area (Å²) in [5.74, 6) is -0.131. The Kier molecular flexibility index (Phi) is 4.25. The predicted molar refractivity (Wildman–Crippen MR) is 26.0 cm³/mol. The zero-order valence-electron chi connectivity index (χ0n) is 4.77. The first-order chi connectivity index (χ1) is 3.79. The Morgan fingerprint density at radius 2 is 2.00 bits per heavy atom. The van der Waals surface area contributed by atoms with E-state index in [9.17, 15) is 4.39 Å². The van der Waals surface area contributed by atoms with Gasteiger partial charge >= 0.3 is 56.9 Å². The second kappa shape index (κ2) is 4.13. The van der Waals surface area contributed by atoms with Gasteiger partial charge in [-0.15, -0.1) is 0 Å². The number of halogens is 2. The first-order valence-corrected chi connectivity index (χ1v) is 3.85. The molecule has 0 bridgehead atoms. The maximum Gasteiger partial charge on any atom is -1.00 e. The Labute approximate surface area is 73.9 Å². The molecule has 9 heavy (non-hydrogen) atoms. The van der Waals surface area contributed by atoms with Gasteiger partial charge in [-0.25, -0.2) is 0 Å². The van der Waals surface area contributed by atoms with Gasteiger partial charge in [0.25, 0.3) is 0 Å². The summed E-state index contributed by atoms with van der Waals surface area (Å²) in [5, 5.41) is 0. The smallest absolute Gasteiger partial charge is 1.00 e. The number of benzene rings is 1. The summed E-state index contributed by atoms with van der Waals surface area (Å²) >= 11 is 1.03. The molecule has 1 rings (SSSR count). The average Bonchev–Trinajstić information content (AvgIpc) is 1.64. The molecule has 0 N–H and O–H groups in total. The Morgan fingerprint density at radius 1 is 1.33 bits per heavy atom. The molecule has 0 aliphatic carbocycles. The Morgan fingerprint density at radius 3 is 2.33 bits per heavy atom. The largest absolute Gasteiger partial charge is 1.00 e. The molecule has 1 aromatic carbocycles. The van der Waals surface area contributed by atoms with Gasteiger partial charge < -0.3 is 17.0 Å². The van der Waals surface area contributed by atoms with Crippen LogP contribution in [0.2, 0.25) is 0 Å². The molecule has 0 aromatic heterocycles. The van der Waals surface area contributed by atoms with Gasteiger partial charge in [0.05, 0.1) is 0 Å². The summed E-state index contributed by atoms with van der Waals surface area (Å²) in [6, 6.07) is 6.66. The molecule has 0 fully saturated rings. The van der Waals surface area contributed by atoms with Crippen LogP contribution in [0.25, 0.3) is 0 Å². The van der Waals surface area contributed by atoms with Crippen LogP contribution in [0.1, 0.15) is 0 Å². The summed E-state index contributed by atoms with van der Waals surface area (Å²) in [4.78, 5) is 0. The van der Waals surface area contributed by atoms with Crippen molar-refractivity contribution in [1.82, 2.24) is 0 Å². The molecule has 0 unspecified atom stereocenters. The fraction of sp³-hybridized carbons (Fsp3) is 0. The molecule has 0 atom stereocenters. The zero-order chi connectivity index (χ0) is 5.98. The zero-order valence-corrected chi connectivity index (χ0v) is 9.33. The van der Waals surface area contributed by atoms with Crippen molar-refractivity contribution >= 4 is 4.16 Å². The first kappa shape index (κ1) is 9.25. The third-order valence-electron chi connectivity index (χ3n) is 0.889. The second-order valence-corrected chi connectivity index (χ2v) is 3.34. The van der Waals surface area contributed by atoms with E-state index in [4.69, 9.17) is 0 Å². The SMILES string of the molecule is Fc1ccc[c]([Zn+])c1.[Br-]. The molecule has 0 amide bonds. The van der Waals surface area contributed by atoms with Crippen LogP contribution >= 0.6 is 0 Å². The van der Waals surface area contributed by atoms with Gasteiger partial charge in [0.1, 0.15) is 0 Å². The van der Waals surface area contributed by atoms with Crippen molar-refractivity contribution in [2.75, 3.05) is 0 Å². The third-order valence-corrected chi connectivity index (χ3v) is 1.81. The summed E-state index contributed by atoms with van der Waals surface area (Å²) < 4.78 is 13.3. The summed E-state index contributed by atoms with van der Waals surface area (Å²) in [6.45, 7) is 0. The molecular weight excluding hydrogens is 236 g/mol. The van der Waals surface area contributed by atoms with Crippen molar-refractivity contribution in [2.45, 2.75) is 0 Å². The van der Waals surface area contributed by atoms with E-state index < -0.39 is 0 Å². The molecule has 0 saturated heterocycles. The quantitative estimate of drug-likeness (QED) is 0.460. The maximum absolute atomic E-state index is 12.2. The Bertz CT molecular complexity index is 173. The van der Waals surface area contributed by atoms with Gasteiger partial charge in [-0.3, -0.25) is 0 Å². The Hall–Kier alpha value is 0.253. The predicted octanol–water partition coefficient (Wildman–Crippen LogP) is -2.00. The fourth-order valence-corrected chi connectivity index (χ4v) is 1.23. The minimum atomic E-state index is -0.131. The van der Waals surface area contributed by atoms with Crippen LogP contribution in [0.4, 0.5) is 4.39 Å². The van der Waals surface area contributed by atoms with Crippen LogP contribution in [0, 0.1) is 5.82 Å². The molecule has 0 heterocycles. The van der Waals surface area contributed by atoms with Gasteiger partial charge in [-0.1, -0.05) is 0 Å². The molecule has 1 aromatic rings. The average molecular weight is 240 g/mol. The van der Waals surface area contributed by atoms with Crippen molar-refractivity contribution < 1.29 is 39.7 Å². The van der Waals surface area contributed by atoms with Gasteiger partial charge in [0.2, 0.25) is 0 Å². The maximum atomic E-state index is 12.2. The molecule has 0 radical (unpaired) electrons. The Balaban J connectivity index is 0.000000640. The van der Waals surface area contributed by atoms with Crippen molar-refractivity contribution in [2.24, 2.45) is 0 Å². The molecule has 3 heteroatoms. The van der Waals surface area contributed by atoms with Gasteiger partial charge in [0, 0.05) is 0 Å². The monoisotopic (exact) mass is 238 g/mol. The van der Waals surface area contributed by atoms with E-state index in [0.29, 0.717) is 0 Å². The van der Waals surface area contributed by atoms with Crippen LogP contribution in [-0.4, -0.2) is 0 Å². The van der Waals surface area contributed by atoms with E-state index in [1.54, 1.807) is 12.1 Å². The van der Waals surface area contributed by atoms with Gasteiger partial charge in [-0.05, 0) is 0 Å². The van der Waals surface area contributed by atoms with E-state index >= 15 is 0 Å². The minimum Gasteiger partial charge on any atom is -1.00 e. The summed E-state index contributed by atoms with van der Waals surface area (Å²) in [5.41, 5.74) is 0. The molecule has 44 valence electrons. The van der Waals surface area contributed by atoms with Gasteiger partial charge in [0.15, 0.2) is 0 Å². The summed E-state index contributed by atoms with van der Waals surface area (Å²) in [7, 11) is 0. The van der Waals surface area contributed by atoms with Gasteiger partial charge in [-0.2, -0.15) is 0 Å². The molecular formula is C6H4BrFZn. The van der Waals surface area contributed by atoms with Crippen LogP contribution in [0.3, 0.4) is 0 Å². The third kappa shape index (κ3) is 3.07. The van der Waals surface area contributed by atoms with E-state index in [0.717, 1.165) is 22.5 Å². The minimum absolute atomic E-state index is 0. The van der Waals surface area contributed by atoms with Crippen LogP contribution < -0.4 is 21.1 Å². The fourth-order valence-electron chi connectivity index (χ4n) is 0.537. The molecule has 0 spiro atoms. The number of rotatable bonds is 0. The normalized spacial score (nSPS) is 8.33. The molecule has 0 saturated carbocycles. The standard InChI is InChI=1S/C6H4F.BrH.Zn/c7-6-4-2-1-3-5-6;;/h1-2,4-5H;1H;/q;;+1/p-1. The molecule has 0 aliphatic rings. The summed E-state index contributed by atoms with van der Waals surface area (Å²) in [6.07, 6.45) is 0. The van der Waals surface area contributed by atoms with Crippen LogP contribution in [0.5, 0.6) is 0 Å². The van der Waals surface area contributed by atoms with Crippen molar-refractivity contribution in [3.63, 3.8) is 0 Å². The molecule has 0 nitrogen and oxygen atoms in total. The van der Waals surface area contributed by atoms with E-state index in [1.807, 2.05) is 6.07 Å². The van der Waals surface area contributed by atoms with Crippen molar-refractivity contribution in [3.05, 3.63) is 30.1 Å². The second-order valence-electron chi connectivity index (χ2n) is 1.63.